The highest BCUT2D eigenvalue weighted by molar-refractivity contribution is 5.75. The molecule has 0 unspecified atom stereocenters. The molecule has 0 saturated heterocycles. The fraction of sp³-hybridized carbons (Fsp3) is 0.909. The highest BCUT2D eigenvalue weighted by Gasteiger charge is 2.26. The zero-order valence-corrected chi connectivity index (χ0v) is 16.6. The Balaban J connectivity index is -0.0000000728. The Kier molecular flexibility index (Phi) is 29.5. The van der Waals surface area contributed by atoms with Gasteiger partial charge in [0.15, 0.2) is 0 Å². The summed E-state index contributed by atoms with van der Waals surface area (Å²) >= 11 is 0. The van der Waals surface area contributed by atoms with Crippen molar-refractivity contribution in [3.8, 4) is 0 Å². The summed E-state index contributed by atoms with van der Waals surface area (Å²) < 4.78 is 10.0. The van der Waals surface area contributed by atoms with Crippen LogP contribution in [0.25, 0.3) is 0 Å². The molecule has 0 aliphatic rings. The molecule has 5 heteroatoms. The summed E-state index contributed by atoms with van der Waals surface area (Å²) in [5.74, 6) is -0.216. The monoisotopic (exact) mass is 395 g/mol. The quantitative estimate of drug-likeness (QED) is 0.491. The van der Waals surface area contributed by atoms with Gasteiger partial charge in [0, 0.05) is 6.54 Å². The fourth-order valence-electron chi connectivity index (χ4n) is 1.07. The van der Waals surface area contributed by atoms with Crippen molar-refractivity contribution in [1.29, 1.82) is 0 Å². The van der Waals surface area contributed by atoms with Crippen LogP contribution in [0.2, 0.25) is 0 Å². The summed E-state index contributed by atoms with van der Waals surface area (Å²) in [5.41, 5.74) is -0.693. The SMILES string of the molecule is C.C.C.C.CCC(C)(C)C(=O)OCCN(C)C.CCCOC(=O)C(C)(C)C. The molecule has 0 aromatic carbocycles. The Morgan fingerprint density at radius 2 is 1.19 bits per heavy atom. The fourth-order valence-corrected chi connectivity index (χ4v) is 1.07. The average Bonchev–Trinajstić information content (AvgIpc) is 2.43. The van der Waals surface area contributed by atoms with Gasteiger partial charge >= 0.3 is 11.9 Å². The molecular weight excluding hydrogens is 342 g/mol. The van der Waals surface area contributed by atoms with Gasteiger partial charge < -0.3 is 14.4 Å². The zero-order valence-electron chi connectivity index (χ0n) is 16.6. The highest BCUT2D eigenvalue weighted by atomic mass is 16.5. The molecule has 0 spiro atoms. The summed E-state index contributed by atoms with van der Waals surface area (Å²) in [6.07, 6.45) is 1.70. The van der Waals surface area contributed by atoms with Gasteiger partial charge in [0.1, 0.15) is 6.61 Å². The van der Waals surface area contributed by atoms with Gasteiger partial charge in [0.25, 0.3) is 0 Å². The number of ether oxygens (including phenoxy) is 2. The predicted octanol–water partition coefficient (Wildman–Crippen LogP) is 6.06. The Morgan fingerprint density at radius 1 is 0.778 bits per heavy atom. The normalized spacial score (nSPS) is 9.85. The van der Waals surface area contributed by atoms with Gasteiger partial charge in [-0.25, -0.2) is 0 Å². The first-order valence-electron chi connectivity index (χ1n) is 8.37. The molecule has 0 fully saturated rings. The smallest absolute Gasteiger partial charge is 0.311 e. The maximum Gasteiger partial charge on any atom is 0.311 e. The van der Waals surface area contributed by atoms with E-state index >= 15 is 0 Å². The topological polar surface area (TPSA) is 55.8 Å². The number of hydrogen-bond donors (Lipinski definition) is 0. The van der Waals surface area contributed by atoms with E-state index in [1.54, 1.807) is 0 Å². The lowest BCUT2D eigenvalue weighted by atomic mass is 9.91. The van der Waals surface area contributed by atoms with Gasteiger partial charge in [0.05, 0.1) is 17.4 Å². The number of hydrogen-bond acceptors (Lipinski definition) is 5. The number of likely N-dealkylation sites (N-methyl/N-ethyl adjacent to an activating group) is 1. The Bertz CT molecular complexity index is 345. The van der Waals surface area contributed by atoms with Crippen LogP contribution in [-0.4, -0.2) is 50.7 Å². The van der Waals surface area contributed by atoms with Crippen molar-refractivity contribution in [3.63, 3.8) is 0 Å². The van der Waals surface area contributed by atoms with Crippen LogP contribution in [0.1, 0.15) is 91.0 Å². The molecular formula is C22H53NO4. The van der Waals surface area contributed by atoms with Crippen LogP contribution in [0.5, 0.6) is 0 Å². The summed E-state index contributed by atoms with van der Waals surface area (Å²) in [6, 6.07) is 0. The van der Waals surface area contributed by atoms with Crippen molar-refractivity contribution < 1.29 is 19.1 Å². The molecule has 0 bridgehead atoms. The molecule has 0 aliphatic carbocycles. The Labute approximate surface area is 172 Å². The Morgan fingerprint density at radius 3 is 1.48 bits per heavy atom. The lowest BCUT2D eigenvalue weighted by molar-refractivity contribution is -0.154. The van der Waals surface area contributed by atoms with Crippen LogP contribution in [0.4, 0.5) is 0 Å². The van der Waals surface area contributed by atoms with Crippen LogP contribution in [0.3, 0.4) is 0 Å². The van der Waals surface area contributed by atoms with Crippen molar-refractivity contribution in [2.24, 2.45) is 10.8 Å². The van der Waals surface area contributed by atoms with Crippen LogP contribution in [0, 0.1) is 10.8 Å². The molecule has 0 aromatic rings. The van der Waals surface area contributed by atoms with Crippen LogP contribution in [-0.2, 0) is 19.1 Å². The third-order valence-electron chi connectivity index (χ3n) is 3.26. The van der Waals surface area contributed by atoms with Crippen LogP contribution >= 0.6 is 0 Å². The van der Waals surface area contributed by atoms with Crippen molar-refractivity contribution >= 4 is 11.9 Å². The van der Waals surface area contributed by atoms with E-state index in [0.29, 0.717) is 13.2 Å². The van der Waals surface area contributed by atoms with Gasteiger partial charge in [-0.05, 0) is 61.6 Å². The van der Waals surface area contributed by atoms with E-state index in [9.17, 15) is 9.59 Å². The molecule has 0 aromatic heterocycles. The molecule has 0 radical (unpaired) electrons. The third kappa shape index (κ3) is 22.9. The molecule has 0 saturated carbocycles. The summed E-state index contributed by atoms with van der Waals surface area (Å²) in [6.45, 7) is 15.1. The third-order valence-corrected chi connectivity index (χ3v) is 3.26. The second-order valence-corrected chi connectivity index (χ2v) is 7.56. The predicted molar refractivity (Wildman–Crippen MR) is 121 cm³/mol. The molecule has 0 rings (SSSR count). The first kappa shape index (κ1) is 40.6. The highest BCUT2D eigenvalue weighted by Crippen LogP contribution is 2.21. The van der Waals surface area contributed by atoms with E-state index in [1.165, 1.54) is 0 Å². The number of carbonyl (C=O) groups excluding carboxylic acids is 2. The largest absolute Gasteiger partial charge is 0.465 e. The molecule has 27 heavy (non-hydrogen) atoms. The van der Waals surface area contributed by atoms with E-state index in [4.69, 9.17) is 9.47 Å². The first-order valence-corrected chi connectivity index (χ1v) is 8.37. The molecule has 0 heterocycles. The van der Waals surface area contributed by atoms with Crippen LogP contribution < -0.4 is 0 Å². The maximum atomic E-state index is 11.4. The number of esters is 2. The van der Waals surface area contributed by atoms with Gasteiger partial charge in [-0.3, -0.25) is 9.59 Å². The standard InChI is InChI=1S/C10H21NO2.C8H16O2.4CH4/c1-6-10(2,3)9(12)13-8-7-11(4)5;1-5-6-10-7(9)8(2,3)4;;;;/h6-8H2,1-5H3;5-6H2,1-4H3;4*1H4. The summed E-state index contributed by atoms with van der Waals surface area (Å²) in [4.78, 5) is 24.4. The van der Waals surface area contributed by atoms with E-state index in [2.05, 4.69) is 0 Å². The van der Waals surface area contributed by atoms with Crippen molar-refractivity contribution in [1.82, 2.24) is 4.90 Å². The van der Waals surface area contributed by atoms with E-state index in [1.807, 2.05) is 67.5 Å². The molecule has 0 atom stereocenters. The van der Waals surface area contributed by atoms with Gasteiger partial charge in [-0.1, -0.05) is 43.6 Å². The summed E-state index contributed by atoms with van der Waals surface area (Å²) in [7, 11) is 3.91. The number of nitrogens with zero attached hydrogens (tertiary/aromatic N) is 1. The van der Waals surface area contributed by atoms with E-state index in [-0.39, 0.29) is 52.5 Å². The van der Waals surface area contributed by atoms with E-state index < -0.39 is 0 Å². The van der Waals surface area contributed by atoms with Gasteiger partial charge in [0.2, 0.25) is 0 Å². The minimum Gasteiger partial charge on any atom is -0.465 e. The Hall–Kier alpha value is -1.10. The maximum absolute atomic E-state index is 11.4. The minimum atomic E-state index is -0.352. The van der Waals surface area contributed by atoms with Crippen molar-refractivity contribution in [2.45, 2.75) is 91.0 Å². The molecule has 5 nitrogen and oxygen atoms in total. The number of rotatable bonds is 7. The van der Waals surface area contributed by atoms with Crippen molar-refractivity contribution in [2.75, 3.05) is 33.9 Å². The van der Waals surface area contributed by atoms with E-state index in [0.717, 1.165) is 19.4 Å². The lowest BCUT2D eigenvalue weighted by Crippen LogP contribution is -2.28. The first-order chi connectivity index (χ1) is 10.4. The molecule has 170 valence electrons. The van der Waals surface area contributed by atoms with Gasteiger partial charge in [-0.15, -0.1) is 0 Å². The lowest BCUT2D eigenvalue weighted by Gasteiger charge is -2.20. The van der Waals surface area contributed by atoms with Crippen LogP contribution in [0.15, 0.2) is 0 Å². The second kappa shape index (κ2) is 19.7. The minimum absolute atomic E-state index is 0. The zero-order chi connectivity index (χ0) is 18.7. The molecule has 0 amide bonds. The van der Waals surface area contributed by atoms with Crippen molar-refractivity contribution in [3.05, 3.63) is 0 Å². The molecule has 0 aliphatic heterocycles. The second-order valence-electron chi connectivity index (χ2n) is 7.56. The molecule has 0 N–H and O–H groups in total. The summed E-state index contributed by atoms with van der Waals surface area (Å²) in [5, 5.41) is 0. The average molecular weight is 396 g/mol. The number of carbonyl (C=O) groups is 2. The van der Waals surface area contributed by atoms with Gasteiger partial charge in [-0.2, -0.15) is 0 Å².